The van der Waals surface area contributed by atoms with Gasteiger partial charge in [0.15, 0.2) is 0 Å². The summed E-state index contributed by atoms with van der Waals surface area (Å²) in [6.45, 7) is 6.22. The van der Waals surface area contributed by atoms with Crippen molar-refractivity contribution in [3.63, 3.8) is 0 Å². The van der Waals surface area contributed by atoms with Crippen molar-refractivity contribution in [2.45, 2.75) is 19.5 Å². The Labute approximate surface area is 150 Å². The number of morpholine rings is 1. The summed E-state index contributed by atoms with van der Waals surface area (Å²) < 4.78 is 6.54. The smallest absolute Gasteiger partial charge is 0.225 e. The molecule has 0 radical (unpaired) electrons. The fourth-order valence-corrected chi connectivity index (χ4v) is 3.75. The van der Waals surface area contributed by atoms with Crippen molar-refractivity contribution in [3.8, 4) is 0 Å². The van der Waals surface area contributed by atoms with Crippen LogP contribution in [-0.2, 0) is 24.2 Å². The largest absolute Gasteiger partial charge is 0.378 e. The van der Waals surface area contributed by atoms with Crippen LogP contribution in [0.1, 0.15) is 16.8 Å². The first-order valence-electron chi connectivity index (χ1n) is 8.42. The molecule has 4 rings (SSSR count). The Hall–Kier alpha value is -1.50. The van der Waals surface area contributed by atoms with Crippen molar-refractivity contribution >= 4 is 21.9 Å². The summed E-state index contributed by atoms with van der Waals surface area (Å²) in [5.74, 6) is 0.859. The van der Waals surface area contributed by atoms with Crippen LogP contribution < -0.4 is 4.90 Å². The van der Waals surface area contributed by atoms with E-state index in [1.54, 1.807) is 0 Å². The van der Waals surface area contributed by atoms with Crippen LogP contribution in [-0.4, -0.2) is 47.7 Å². The van der Waals surface area contributed by atoms with Gasteiger partial charge in [-0.3, -0.25) is 4.90 Å². The molecule has 0 atom stereocenters. The first-order valence-corrected chi connectivity index (χ1v) is 9.21. The number of anilines is 1. The summed E-state index contributed by atoms with van der Waals surface area (Å²) in [5.41, 5.74) is 3.80. The van der Waals surface area contributed by atoms with Gasteiger partial charge in [0, 0.05) is 55.4 Å². The van der Waals surface area contributed by atoms with E-state index in [0.717, 1.165) is 62.8 Å². The molecule has 0 unspecified atom stereocenters. The highest BCUT2D eigenvalue weighted by molar-refractivity contribution is 9.10. The average molecular weight is 389 g/mol. The highest BCUT2D eigenvalue weighted by Gasteiger charge is 2.21. The van der Waals surface area contributed by atoms with Crippen LogP contribution in [0.3, 0.4) is 0 Å². The molecule has 2 aromatic rings. The fraction of sp³-hybridized carbons (Fsp3) is 0.444. The molecule has 2 aliphatic rings. The van der Waals surface area contributed by atoms with E-state index < -0.39 is 0 Å². The van der Waals surface area contributed by atoms with Crippen LogP contribution in [0.5, 0.6) is 0 Å². The van der Waals surface area contributed by atoms with Crippen LogP contribution >= 0.6 is 15.9 Å². The van der Waals surface area contributed by atoms with Gasteiger partial charge in [-0.1, -0.05) is 28.1 Å². The molecular formula is C18H21BrN4O. The van der Waals surface area contributed by atoms with E-state index in [1.165, 1.54) is 16.8 Å². The van der Waals surface area contributed by atoms with E-state index in [2.05, 4.69) is 55.0 Å². The number of nitrogens with zero attached hydrogens (tertiary/aromatic N) is 4. The molecule has 3 heterocycles. The topological polar surface area (TPSA) is 41.5 Å². The van der Waals surface area contributed by atoms with E-state index in [-0.39, 0.29) is 0 Å². The number of fused-ring (bicyclic) bond motifs is 1. The van der Waals surface area contributed by atoms with Crippen LogP contribution in [0, 0.1) is 0 Å². The molecule has 6 heteroatoms. The van der Waals surface area contributed by atoms with Gasteiger partial charge in [0.2, 0.25) is 5.95 Å². The van der Waals surface area contributed by atoms with Crippen molar-refractivity contribution in [1.29, 1.82) is 0 Å². The lowest BCUT2D eigenvalue weighted by molar-refractivity contribution is 0.122. The first-order chi connectivity index (χ1) is 11.8. The fourth-order valence-electron chi connectivity index (χ4n) is 3.31. The van der Waals surface area contributed by atoms with Crippen molar-refractivity contribution < 1.29 is 4.74 Å². The van der Waals surface area contributed by atoms with Gasteiger partial charge in [0.05, 0.1) is 18.9 Å². The lowest BCUT2D eigenvalue weighted by Crippen LogP contribution is -2.38. The zero-order valence-electron chi connectivity index (χ0n) is 13.6. The van der Waals surface area contributed by atoms with Gasteiger partial charge in [-0.25, -0.2) is 9.97 Å². The van der Waals surface area contributed by atoms with E-state index in [4.69, 9.17) is 9.72 Å². The monoisotopic (exact) mass is 388 g/mol. The summed E-state index contributed by atoms with van der Waals surface area (Å²) in [6, 6.07) is 8.52. The predicted octanol–water partition coefficient (Wildman–Crippen LogP) is 2.63. The SMILES string of the molecule is Brc1cccc(CN2CCc3nc(N4CCOCC4)ncc3C2)c1. The minimum Gasteiger partial charge on any atom is -0.378 e. The third-order valence-electron chi connectivity index (χ3n) is 4.59. The minimum atomic E-state index is 0.765. The lowest BCUT2D eigenvalue weighted by Gasteiger charge is -2.30. The third kappa shape index (κ3) is 3.61. The third-order valence-corrected chi connectivity index (χ3v) is 5.08. The Morgan fingerprint density at radius 2 is 2.04 bits per heavy atom. The highest BCUT2D eigenvalue weighted by Crippen LogP contribution is 2.22. The maximum atomic E-state index is 5.41. The molecule has 2 aliphatic heterocycles. The molecule has 0 spiro atoms. The highest BCUT2D eigenvalue weighted by atomic mass is 79.9. The zero-order valence-corrected chi connectivity index (χ0v) is 15.2. The molecule has 24 heavy (non-hydrogen) atoms. The van der Waals surface area contributed by atoms with Gasteiger partial charge in [-0.15, -0.1) is 0 Å². The van der Waals surface area contributed by atoms with Gasteiger partial charge >= 0.3 is 0 Å². The molecule has 0 aliphatic carbocycles. The Balaban J connectivity index is 1.45. The summed E-state index contributed by atoms with van der Waals surface area (Å²) in [4.78, 5) is 14.1. The molecule has 0 amide bonds. The number of benzene rings is 1. The zero-order chi connectivity index (χ0) is 16.4. The van der Waals surface area contributed by atoms with Crippen LogP contribution in [0.4, 0.5) is 5.95 Å². The average Bonchev–Trinajstić information content (AvgIpc) is 2.62. The molecule has 1 fully saturated rings. The van der Waals surface area contributed by atoms with Gasteiger partial charge < -0.3 is 9.64 Å². The maximum absolute atomic E-state index is 5.41. The number of aromatic nitrogens is 2. The number of hydrogen-bond acceptors (Lipinski definition) is 5. The second kappa shape index (κ2) is 7.17. The minimum absolute atomic E-state index is 0.765. The predicted molar refractivity (Wildman–Crippen MR) is 97.0 cm³/mol. The molecule has 1 saturated heterocycles. The molecule has 126 valence electrons. The number of ether oxygens (including phenoxy) is 1. The second-order valence-corrected chi connectivity index (χ2v) is 7.25. The summed E-state index contributed by atoms with van der Waals surface area (Å²) >= 11 is 3.55. The Bertz CT molecular complexity index is 718. The maximum Gasteiger partial charge on any atom is 0.225 e. The Kier molecular flexibility index (Phi) is 4.78. The van der Waals surface area contributed by atoms with E-state index in [0.29, 0.717) is 0 Å². The standard InChI is InChI=1S/C18H21BrN4O/c19-16-3-1-2-14(10-16)12-22-5-4-17-15(13-22)11-20-18(21-17)23-6-8-24-9-7-23/h1-3,10-11H,4-9,12-13H2. The van der Waals surface area contributed by atoms with Crippen molar-refractivity contribution in [2.24, 2.45) is 0 Å². The van der Waals surface area contributed by atoms with Crippen molar-refractivity contribution in [1.82, 2.24) is 14.9 Å². The molecule has 0 N–H and O–H groups in total. The van der Waals surface area contributed by atoms with E-state index in [1.807, 2.05) is 6.20 Å². The van der Waals surface area contributed by atoms with Gasteiger partial charge in [-0.2, -0.15) is 0 Å². The first kappa shape index (κ1) is 16.0. The van der Waals surface area contributed by atoms with Crippen molar-refractivity contribution in [2.75, 3.05) is 37.7 Å². The summed E-state index contributed by atoms with van der Waals surface area (Å²) in [7, 11) is 0. The molecule has 1 aromatic heterocycles. The van der Waals surface area contributed by atoms with Crippen molar-refractivity contribution in [3.05, 3.63) is 51.8 Å². The van der Waals surface area contributed by atoms with Gasteiger partial charge in [0.1, 0.15) is 0 Å². The second-order valence-electron chi connectivity index (χ2n) is 6.33. The van der Waals surface area contributed by atoms with Gasteiger partial charge in [-0.05, 0) is 17.7 Å². The lowest BCUT2D eigenvalue weighted by atomic mass is 10.1. The van der Waals surface area contributed by atoms with E-state index >= 15 is 0 Å². The summed E-state index contributed by atoms with van der Waals surface area (Å²) in [6.07, 6.45) is 3.00. The Morgan fingerprint density at radius 1 is 1.17 bits per heavy atom. The molecule has 0 saturated carbocycles. The summed E-state index contributed by atoms with van der Waals surface area (Å²) in [5, 5.41) is 0. The number of hydrogen-bond donors (Lipinski definition) is 0. The molecule has 0 bridgehead atoms. The quantitative estimate of drug-likeness (QED) is 0.808. The van der Waals surface area contributed by atoms with Gasteiger partial charge in [0.25, 0.3) is 0 Å². The normalized spacial score (nSPS) is 18.5. The molecule has 1 aromatic carbocycles. The molecular weight excluding hydrogens is 368 g/mol. The van der Waals surface area contributed by atoms with Crippen LogP contribution in [0.25, 0.3) is 0 Å². The van der Waals surface area contributed by atoms with Crippen LogP contribution in [0.15, 0.2) is 34.9 Å². The number of rotatable bonds is 3. The van der Waals surface area contributed by atoms with Crippen LogP contribution in [0.2, 0.25) is 0 Å². The number of halogens is 1. The molecule has 5 nitrogen and oxygen atoms in total. The van der Waals surface area contributed by atoms with E-state index in [9.17, 15) is 0 Å². The Morgan fingerprint density at radius 3 is 2.88 bits per heavy atom.